The molecule has 0 aliphatic rings. The van der Waals surface area contributed by atoms with Gasteiger partial charge in [0.15, 0.2) is 5.12 Å². The molecule has 1 rings (SSSR count). The molecule has 1 aromatic rings. The third kappa shape index (κ3) is 3.73. The number of aliphatic hydroxyl groups excluding tert-OH is 1. The zero-order valence-corrected chi connectivity index (χ0v) is 10.2. The molecular formula is C13H14O2S. The van der Waals surface area contributed by atoms with E-state index in [1.165, 1.54) is 18.7 Å². The molecule has 1 aromatic carbocycles. The Morgan fingerprint density at radius 2 is 2.25 bits per heavy atom. The molecule has 0 aliphatic heterocycles. The normalized spacial score (nSPS) is 9.44. The molecule has 0 radical (unpaired) electrons. The summed E-state index contributed by atoms with van der Waals surface area (Å²) in [6.45, 7) is 3.50. The number of hydrogen-bond acceptors (Lipinski definition) is 3. The van der Waals surface area contributed by atoms with E-state index in [0.29, 0.717) is 5.75 Å². The summed E-state index contributed by atoms with van der Waals surface area (Å²) < 4.78 is 0. The van der Waals surface area contributed by atoms with Gasteiger partial charge in [0.05, 0.1) is 12.4 Å². The number of hydrogen-bond donors (Lipinski definition) is 1. The lowest BCUT2D eigenvalue weighted by molar-refractivity contribution is -0.109. The van der Waals surface area contributed by atoms with Crippen molar-refractivity contribution in [2.24, 2.45) is 0 Å². The Morgan fingerprint density at radius 1 is 1.50 bits per heavy atom. The first-order valence-corrected chi connectivity index (χ1v) is 5.95. The Balaban J connectivity index is 2.77. The molecule has 0 aromatic heterocycles. The Bertz CT molecular complexity index is 441. The van der Waals surface area contributed by atoms with Crippen LogP contribution in [0.3, 0.4) is 0 Å². The van der Waals surface area contributed by atoms with Gasteiger partial charge in [0.2, 0.25) is 0 Å². The lowest BCUT2D eigenvalue weighted by Gasteiger charge is -2.03. The summed E-state index contributed by atoms with van der Waals surface area (Å²) in [5.74, 6) is 6.46. The van der Waals surface area contributed by atoms with Gasteiger partial charge in [0, 0.05) is 12.5 Å². The molecule has 0 aliphatic carbocycles. The molecular weight excluding hydrogens is 220 g/mol. The topological polar surface area (TPSA) is 37.3 Å². The van der Waals surface area contributed by atoms with Crippen LogP contribution < -0.4 is 0 Å². The van der Waals surface area contributed by atoms with Gasteiger partial charge in [-0.15, -0.1) is 0 Å². The van der Waals surface area contributed by atoms with Gasteiger partial charge < -0.3 is 5.11 Å². The van der Waals surface area contributed by atoms with E-state index in [9.17, 15) is 4.79 Å². The first kappa shape index (κ1) is 12.8. The second kappa shape index (κ2) is 6.37. The zero-order valence-electron chi connectivity index (χ0n) is 9.41. The van der Waals surface area contributed by atoms with Crippen molar-refractivity contribution in [1.29, 1.82) is 0 Å². The van der Waals surface area contributed by atoms with Gasteiger partial charge in [-0.05, 0) is 24.1 Å². The Labute approximate surface area is 100 Å². The van der Waals surface area contributed by atoms with E-state index in [2.05, 4.69) is 11.8 Å². The molecule has 3 heteroatoms. The maximum atomic E-state index is 10.7. The van der Waals surface area contributed by atoms with Crippen molar-refractivity contribution in [3.8, 4) is 11.8 Å². The highest BCUT2D eigenvalue weighted by Gasteiger charge is 1.99. The number of carbonyl (C=O) groups is 1. The molecule has 0 atom stereocenters. The first-order chi connectivity index (χ1) is 7.65. The van der Waals surface area contributed by atoms with E-state index in [-0.39, 0.29) is 11.7 Å². The van der Waals surface area contributed by atoms with E-state index < -0.39 is 0 Å². The lowest BCUT2D eigenvalue weighted by Crippen LogP contribution is -1.91. The molecule has 0 bridgehead atoms. The fourth-order valence-corrected chi connectivity index (χ4v) is 1.61. The van der Waals surface area contributed by atoms with Gasteiger partial charge in [0.25, 0.3) is 0 Å². The van der Waals surface area contributed by atoms with Gasteiger partial charge in [0.1, 0.15) is 0 Å². The largest absolute Gasteiger partial charge is 0.392 e. The second-order valence-electron chi connectivity index (χ2n) is 3.33. The van der Waals surface area contributed by atoms with Crippen molar-refractivity contribution in [2.45, 2.75) is 20.5 Å². The Hall–Kier alpha value is -1.24. The fraction of sp³-hybridized carbons (Fsp3) is 0.308. The highest BCUT2D eigenvalue weighted by molar-refractivity contribution is 8.13. The van der Waals surface area contributed by atoms with Crippen molar-refractivity contribution in [3.63, 3.8) is 0 Å². The van der Waals surface area contributed by atoms with Crippen molar-refractivity contribution >= 4 is 16.9 Å². The predicted octanol–water partition coefficient (Wildman–Crippen LogP) is 2.12. The van der Waals surface area contributed by atoms with Gasteiger partial charge in [-0.25, -0.2) is 0 Å². The fourth-order valence-electron chi connectivity index (χ4n) is 1.26. The quantitative estimate of drug-likeness (QED) is 0.796. The van der Waals surface area contributed by atoms with Crippen LogP contribution in [0.5, 0.6) is 0 Å². The first-order valence-electron chi connectivity index (χ1n) is 4.96. The maximum absolute atomic E-state index is 10.7. The number of benzene rings is 1. The Morgan fingerprint density at radius 3 is 2.88 bits per heavy atom. The van der Waals surface area contributed by atoms with Gasteiger partial charge in [-0.3, -0.25) is 4.79 Å². The summed E-state index contributed by atoms with van der Waals surface area (Å²) in [6.07, 6.45) is 0. The van der Waals surface area contributed by atoms with Crippen LogP contribution in [0.4, 0.5) is 0 Å². The smallest absolute Gasteiger partial charge is 0.186 e. The van der Waals surface area contributed by atoms with E-state index >= 15 is 0 Å². The molecule has 0 unspecified atom stereocenters. The molecule has 0 spiro atoms. The molecule has 0 heterocycles. The molecule has 16 heavy (non-hydrogen) atoms. The number of thioether (sulfide) groups is 1. The lowest BCUT2D eigenvalue weighted by atomic mass is 10.0. The van der Waals surface area contributed by atoms with Crippen LogP contribution in [0.25, 0.3) is 0 Å². The number of carbonyl (C=O) groups excluding carboxylic acids is 1. The van der Waals surface area contributed by atoms with E-state index in [1.54, 1.807) is 0 Å². The van der Waals surface area contributed by atoms with Crippen LogP contribution in [0.2, 0.25) is 0 Å². The van der Waals surface area contributed by atoms with Crippen LogP contribution in [-0.4, -0.2) is 16.0 Å². The van der Waals surface area contributed by atoms with Gasteiger partial charge >= 0.3 is 0 Å². The molecule has 0 amide bonds. The zero-order chi connectivity index (χ0) is 12.0. The van der Waals surface area contributed by atoms with Crippen LogP contribution in [0.15, 0.2) is 18.2 Å². The van der Waals surface area contributed by atoms with Crippen LogP contribution in [0.1, 0.15) is 23.6 Å². The van der Waals surface area contributed by atoms with Crippen molar-refractivity contribution < 1.29 is 9.90 Å². The second-order valence-corrected chi connectivity index (χ2v) is 4.48. The average molecular weight is 234 g/mol. The highest BCUT2D eigenvalue weighted by Crippen LogP contribution is 2.12. The van der Waals surface area contributed by atoms with Crippen molar-refractivity contribution in [2.75, 3.05) is 5.75 Å². The molecule has 2 nitrogen and oxygen atoms in total. The molecule has 0 fully saturated rings. The summed E-state index contributed by atoms with van der Waals surface area (Å²) in [5.41, 5.74) is 2.81. The van der Waals surface area contributed by atoms with Gasteiger partial charge in [-0.2, -0.15) is 0 Å². The average Bonchev–Trinajstić information content (AvgIpc) is 2.26. The van der Waals surface area contributed by atoms with Crippen LogP contribution in [0, 0.1) is 18.8 Å². The standard InChI is InChI=1S/C13H14O2S/c1-10-12(5-3-6-13(10)9-14)7-4-8-16-11(2)15/h3,5-6,14H,8-9H2,1-2H3. The molecule has 84 valence electrons. The van der Waals surface area contributed by atoms with Crippen molar-refractivity contribution in [3.05, 3.63) is 34.9 Å². The number of aliphatic hydroxyl groups is 1. The summed E-state index contributed by atoms with van der Waals surface area (Å²) in [4.78, 5) is 10.7. The Kier molecular flexibility index (Phi) is 5.10. The van der Waals surface area contributed by atoms with Crippen LogP contribution >= 0.6 is 11.8 Å². The minimum Gasteiger partial charge on any atom is -0.392 e. The van der Waals surface area contributed by atoms with E-state index in [1.807, 2.05) is 25.1 Å². The molecule has 0 saturated carbocycles. The number of rotatable bonds is 2. The molecule has 1 N–H and O–H groups in total. The molecule has 0 saturated heterocycles. The van der Waals surface area contributed by atoms with Gasteiger partial charge in [-0.1, -0.05) is 35.7 Å². The monoisotopic (exact) mass is 234 g/mol. The third-order valence-corrected chi connectivity index (χ3v) is 2.88. The summed E-state index contributed by atoms with van der Waals surface area (Å²) in [5, 5.41) is 9.17. The minimum absolute atomic E-state index is 0.0313. The van der Waals surface area contributed by atoms with Crippen molar-refractivity contribution in [1.82, 2.24) is 0 Å². The van der Waals surface area contributed by atoms with Crippen LogP contribution in [-0.2, 0) is 11.4 Å². The maximum Gasteiger partial charge on any atom is 0.186 e. The minimum atomic E-state index is 0.0313. The SMILES string of the molecule is CC(=O)SCC#Cc1cccc(CO)c1C. The summed E-state index contributed by atoms with van der Waals surface area (Å²) in [6, 6.07) is 5.67. The predicted molar refractivity (Wildman–Crippen MR) is 67.1 cm³/mol. The summed E-state index contributed by atoms with van der Waals surface area (Å²) in [7, 11) is 0. The highest BCUT2D eigenvalue weighted by atomic mass is 32.2. The third-order valence-electron chi connectivity index (χ3n) is 2.19. The van der Waals surface area contributed by atoms with E-state index in [0.717, 1.165) is 16.7 Å². The van der Waals surface area contributed by atoms with E-state index in [4.69, 9.17) is 5.11 Å². The summed E-state index contributed by atoms with van der Waals surface area (Å²) >= 11 is 1.20.